The van der Waals surface area contributed by atoms with Crippen molar-refractivity contribution in [2.24, 2.45) is 0 Å². The fourth-order valence-electron chi connectivity index (χ4n) is 1.42. The van der Waals surface area contributed by atoms with Gasteiger partial charge in [-0.2, -0.15) is 0 Å². The van der Waals surface area contributed by atoms with E-state index in [9.17, 15) is 9.90 Å². The molecule has 0 aliphatic heterocycles. The van der Waals surface area contributed by atoms with Gasteiger partial charge in [0, 0.05) is 20.7 Å². The monoisotopic (exact) mass is 259 g/mol. The second kappa shape index (κ2) is 6.63. The van der Waals surface area contributed by atoms with Crippen molar-refractivity contribution >= 4 is 17.4 Å². The number of hydrogen-bond acceptors (Lipinski definition) is 6. The van der Waals surface area contributed by atoms with E-state index in [1.165, 1.54) is 12.0 Å². The highest BCUT2D eigenvalue weighted by Crippen LogP contribution is 2.13. The summed E-state index contributed by atoms with van der Waals surface area (Å²) in [6, 6.07) is 0. The lowest BCUT2D eigenvalue weighted by atomic mass is 10.2. The minimum absolute atomic E-state index is 0.160. The number of aromatic nitrogens is 2. The molecule has 0 fully saturated rings. The maximum absolute atomic E-state index is 12.0. The van der Waals surface area contributed by atoms with Crippen LogP contribution in [0.5, 0.6) is 0 Å². The number of likely N-dealkylation sites (N-methyl/N-ethyl adjacent to an activating group) is 1. The van der Waals surface area contributed by atoms with Gasteiger partial charge in [-0.15, -0.1) is 5.10 Å². The third-order valence-electron chi connectivity index (χ3n) is 2.28. The zero-order valence-corrected chi connectivity index (χ0v) is 11.0. The fraction of sp³-hybridized carbons (Fsp3) is 0.700. The number of rotatable bonds is 6. The number of nitrogens with zero attached hydrogens (tertiary/aromatic N) is 3. The van der Waals surface area contributed by atoms with Gasteiger partial charge in [0.2, 0.25) is 0 Å². The molecule has 96 valence electrons. The molecular formula is C10H17N3O3S. The summed E-state index contributed by atoms with van der Waals surface area (Å²) in [5.74, 6) is -0.160. The predicted octanol–water partition coefficient (Wildman–Crippen LogP) is 0.180. The molecule has 0 spiro atoms. The third kappa shape index (κ3) is 3.72. The molecule has 0 radical (unpaired) electrons. The summed E-state index contributed by atoms with van der Waals surface area (Å²) in [4.78, 5) is 14.0. The van der Waals surface area contributed by atoms with E-state index in [1.54, 1.807) is 7.05 Å². The average Bonchev–Trinajstić information content (AvgIpc) is 2.76. The van der Waals surface area contributed by atoms with Gasteiger partial charge in [-0.3, -0.25) is 4.79 Å². The number of aliphatic hydroxyl groups excluding tert-OH is 1. The van der Waals surface area contributed by atoms with E-state index in [0.717, 1.165) is 11.5 Å². The molecule has 1 atom stereocenters. The molecule has 1 aromatic heterocycles. The van der Waals surface area contributed by atoms with Crippen LogP contribution in [0, 0.1) is 0 Å². The van der Waals surface area contributed by atoms with Crippen molar-refractivity contribution in [1.82, 2.24) is 14.5 Å². The van der Waals surface area contributed by atoms with Gasteiger partial charge in [0.25, 0.3) is 5.91 Å². The van der Waals surface area contributed by atoms with Crippen molar-refractivity contribution in [3.8, 4) is 0 Å². The Hall–Kier alpha value is -1.05. The summed E-state index contributed by atoms with van der Waals surface area (Å²) in [5.41, 5.74) is 0.702. The van der Waals surface area contributed by atoms with Gasteiger partial charge in [0.05, 0.1) is 18.4 Å². The van der Waals surface area contributed by atoms with Crippen molar-refractivity contribution in [2.75, 3.05) is 27.3 Å². The SMILES string of the molecule is CCc1nnsc1C(=O)N(C)CC(O)COC. The maximum Gasteiger partial charge on any atom is 0.267 e. The molecule has 17 heavy (non-hydrogen) atoms. The van der Waals surface area contributed by atoms with Crippen molar-refractivity contribution < 1.29 is 14.6 Å². The Morgan fingerprint density at radius 1 is 1.65 bits per heavy atom. The zero-order chi connectivity index (χ0) is 12.8. The highest BCUT2D eigenvalue weighted by atomic mass is 32.1. The Labute approximate surface area is 104 Å². The molecule has 1 unspecified atom stereocenters. The number of methoxy groups -OCH3 is 1. The van der Waals surface area contributed by atoms with Gasteiger partial charge < -0.3 is 14.7 Å². The second-order valence-corrected chi connectivity index (χ2v) is 4.45. The first-order valence-electron chi connectivity index (χ1n) is 5.33. The molecule has 1 rings (SSSR count). The van der Waals surface area contributed by atoms with Crippen molar-refractivity contribution in [2.45, 2.75) is 19.4 Å². The molecule has 1 heterocycles. The molecule has 0 saturated carbocycles. The molecule has 0 aliphatic rings. The Morgan fingerprint density at radius 2 is 2.35 bits per heavy atom. The van der Waals surface area contributed by atoms with Gasteiger partial charge in [0.1, 0.15) is 4.88 Å². The molecule has 0 saturated heterocycles. The van der Waals surface area contributed by atoms with E-state index in [1.807, 2.05) is 6.92 Å². The lowest BCUT2D eigenvalue weighted by Gasteiger charge is -2.19. The Morgan fingerprint density at radius 3 is 2.94 bits per heavy atom. The van der Waals surface area contributed by atoms with Crippen LogP contribution >= 0.6 is 11.5 Å². The topological polar surface area (TPSA) is 75.6 Å². The number of amides is 1. The number of carbonyl (C=O) groups excluding carboxylic acids is 1. The van der Waals surface area contributed by atoms with Crippen LogP contribution in [-0.4, -0.2) is 58.9 Å². The predicted molar refractivity (Wildman–Crippen MR) is 64.1 cm³/mol. The van der Waals surface area contributed by atoms with Crippen LogP contribution in [0.1, 0.15) is 22.3 Å². The van der Waals surface area contributed by atoms with Crippen LogP contribution < -0.4 is 0 Å². The first-order valence-corrected chi connectivity index (χ1v) is 6.11. The third-order valence-corrected chi connectivity index (χ3v) is 3.03. The molecule has 6 nitrogen and oxygen atoms in total. The van der Waals surface area contributed by atoms with Crippen LogP contribution in [0.3, 0.4) is 0 Å². The summed E-state index contributed by atoms with van der Waals surface area (Å²) in [6.45, 7) is 2.36. The van der Waals surface area contributed by atoms with Crippen molar-refractivity contribution in [1.29, 1.82) is 0 Å². The molecule has 7 heteroatoms. The van der Waals surface area contributed by atoms with Gasteiger partial charge in [-0.1, -0.05) is 11.4 Å². The second-order valence-electron chi connectivity index (χ2n) is 3.70. The Balaban J connectivity index is 2.63. The van der Waals surface area contributed by atoms with E-state index in [-0.39, 0.29) is 19.1 Å². The Bertz CT molecular complexity index is 369. The molecule has 0 bridgehead atoms. The van der Waals surface area contributed by atoms with Crippen molar-refractivity contribution in [3.05, 3.63) is 10.6 Å². The molecule has 0 aliphatic carbocycles. The fourth-order valence-corrected chi connectivity index (χ4v) is 2.17. The summed E-state index contributed by atoms with van der Waals surface area (Å²) in [7, 11) is 3.15. The van der Waals surface area contributed by atoms with Crippen LogP contribution in [0.15, 0.2) is 0 Å². The number of ether oxygens (including phenoxy) is 1. The van der Waals surface area contributed by atoms with Gasteiger partial charge in [-0.25, -0.2) is 0 Å². The van der Waals surface area contributed by atoms with Crippen LogP contribution in [0.2, 0.25) is 0 Å². The van der Waals surface area contributed by atoms with Crippen LogP contribution in [0.4, 0.5) is 0 Å². The summed E-state index contributed by atoms with van der Waals surface area (Å²) in [5, 5.41) is 13.4. The van der Waals surface area contributed by atoms with Crippen LogP contribution in [-0.2, 0) is 11.2 Å². The van der Waals surface area contributed by atoms with Gasteiger partial charge in [-0.05, 0) is 18.0 Å². The van der Waals surface area contributed by atoms with Gasteiger partial charge in [0.15, 0.2) is 0 Å². The summed E-state index contributed by atoms with van der Waals surface area (Å²) < 4.78 is 8.58. The van der Waals surface area contributed by atoms with E-state index in [0.29, 0.717) is 17.0 Å². The van der Waals surface area contributed by atoms with Crippen LogP contribution in [0.25, 0.3) is 0 Å². The zero-order valence-electron chi connectivity index (χ0n) is 10.2. The lowest BCUT2D eigenvalue weighted by Crippen LogP contribution is -2.36. The number of carbonyl (C=O) groups is 1. The first-order chi connectivity index (χ1) is 8.10. The molecule has 1 aromatic rings. The smallest absolute Gasteiger partial charge is 0.267 e. The number of aryl methyl sites for hydroxylation is 1. The molecule has 1 N–H and O–H groups in total. The van der Waals surface area contributed by atoms with E-state index in [4.69, 9.17) is 4.74 Å². The molecular weight excluding hydrogens is 242 g/mol. The van der Waals surface area contributed by atoms with Crippen molar-refractivity contribution in [3.63, 3.8) is 0 Å². The summed E-state index contributed by atoms with van der Waals surface area (Å²) >= 11 is 1.09. The first kappa shape index (κ1) is 14.0. The van der Waals surface area contributed by atoms with E-state index < -0.39 is 6.10 Å². The minimum Gasteiger partial charge on any atom is -0.389 e. The minimum atomic E-state index is -0.681. The quantitative estimate of drug-likeness (QED) is 0.788. The molecule has 0 aromatic carbocycles. The van der Waals surface area contributed by atoms with E-state index in [2.05, 4.69) is 9.59 Å². The standard InChI is InChI=1S/C10H17N3O3S/c1-4-8-9(17-12-11-8)10(15)13(2)5-7(14)6-16-3/h7,14H,4-6H2,1-3H3. The largest absolute Gasteiger partial charge is 0.389 e. The summed E-state index contributed by atoms with van der Waals surface area (Å²) in [6.07, 6.45) is -0.00798. The highest BCUT2D eigenvalue weighted by molar-refractivity contribution is 7.07. The number of aliphatic hydroxyl groups is 1. The maximum atomic E-state index is 12.0. The Kier molecular flexibility index (Phi) is 5.46. The average molecular weight is 259 g/mol. The van der Waals surface area contributed by atoms with Gasteiger partial charge >= 0.3 is 0 Å². The normalized spacial score (nSPS) is 12.5. The number of hydrogen-bond donors (Lipinski definition) is 1. The van der Waals surface area contributed by atoms with E-state index >= 15 is 0 Å². The highest BCUT2D eigenvalue weighted by Gasteiger charge is 2.20. The molecule has 1 amide bonds. The lowest BCUT2D eigenvalue weighted by molar-refractivity contribution is 0.0381.